The monoisotopic (exact) mass is 225 g/mol. The van der Waals surface area contributed by atoms with Gasteiger partial charge in [-0.05, 0) is 29.5 Å². The van der Waals surface area contributed by atoms with E-state index in [4.69, 9.17) is 10.3 Å². The van der Waals surface area contributed by atoms with Crippen LogP contribution in [0.25, 0.3) is 10.4 Å². The predicted octanol–water partition coefficient (Wildman–Crippen LogP) is 2.66. The van der Waals surface area contributed by atoms with Gasteiger partial charge in [0, 0.05) is 9.79 Å². The molecule has 0 amide bonds. The van der Waals surface area contributed by atoms with E-state index < -0.39 is 0 Å². The van der Waals surface area contributed by atoms with E-state index in [1.165, 1.54) is 11.3 Å². The van der Waals surface area contributed by atoms with E-state index in [0.717, 1.165) is 10.4 Å². The summed E-state index contributed by atoms with van der Waals surface area (Å²) < 4.78 is 4.84. The molecule has 1 aromatic heterocycles. The van der Waals surface area contributed by atoms with E-state index in [2.05, 4.69) is 10.0 Å². The fourth-order valence-electron chi connectivity index (χ4n) is 1.11. The van der Waals surface area contributed by atoms with Crippen molar-refractivity contribution in [3.63, 3.8) is 0 Å². The van der Waals surface area contributed by atoms with E-state index in [9.17, 15) is 4.79 Å². The summed E-state index contributed by atoms with van der Waals surface area (Å²) in [7, 11) is 0. The third-order valence-corrected chi connectivity index (χ3v) is 2.72. The summed E-state index contributed by atoms with van der Waals surface area (Å²) in [4.78, 5) is 14.8. The molecule has 0 aliphatic heterocycles. The van der Waals surface area contributed by atoms with Crippen LogP contribution in [0.5, 0.6) is 0 Å². The SMILES string of the molecule is CCOC(=O)Cc1sccc1CN=[N+]=[N-]. The second-order valence-corrected chi connectivity index (χ2v) is 3.74. The van der Waals surface area contributed by atoms with Gasteiger partial charge in [-0.2, -0.15) is 0 Å². The molecule has 0 radical (unpaired) electrons. The van der Waals surface area contributed by atoms with Crippen molar-refractivity contribution < 1.29 is 9.53 Å². The van der Waals surface area contributed by atoms with Crippen molar-refractivity contribution in [3.8, 4) is 0 Å². The molecule has 0 fully saturated rings. The molecule has 0 N–H and O–H groups in total. The van der Waals surface area contributed by atoms with Gasteiger partial charge in [0.15, 0.2) is 0 Å². The Morgan fingerprint density at radius 2 is 2.53 bits per heavy atom. The highest BCUT2D eigenvalue weighted by atomic mass is 32.1. The molecule has 0 aromatic carbocycles. The largest absolute Gasteiger partial charge is 0.466 e. The Labute approximate surface area is 91.3 Å². The van der Waals surface area contributed by atoms with Crippen molar-refractivity contribution >= 4 is 17.3 Å². The van der Waals surface area contributed by atoms with Crippen LogP contribution in [0.4, 0.5) is 0 Å². The lowest BCUT2D eigenvalue weighted by Crippen LogP contribution is -2.07. The highest BCUT2D eigenvalue weighted by molar-refractivity contribution is 7.10. The van der Waals surface area contributed by atoms with Crippen LogP contribution in [-0.4, -0.2) is 12.6 Å². The number of rotatable bonds is 5. The summed E-state index contributed by atoms with van der Waals surface area (Å²) in [6.45, 7) is 2.44. The van der Waals surface area contributed by atoms with Gasteiger partial charge in [0.25, 0.3) is 0 Å². The first-order chi connectivity index (χ1) is 7.27. The lowest BCUT2D eigenvalue weighted by molar-refractivity contribution is -0.142. The van der Waals surface area contributed by atoms with Crippen LogP contribution in [0.2, 0.25) is 0 Å². The summed E-state index contributed by atoms with van der Waals surface area (Å²) >= 11 is 1.47. The van der Waals surface area contributed by atoms with E-state index in [1.807, 2.05) is 11.4 Å². The molecule has 80 valence electrons. The van der Waals surface area contributed by atoms with Crippen LogP contribution in [0.3, 0.4) is 0 Å². The molecule has 0 saturated heterocycles. The number of carbonyl (C=O) groups is 1. The van der Waals surface area contributed by atoms with Crippen LogP contribution in [0, 0.1) is 0 Å². The minimum atomic E-state index is -0.248. The molecule has 1 aromatic rings. The Morgan fingerprint density at radius 1 is 1.73 bits per heavy atom. The maximum absolute atomic E-state index is 11.2. The number of azide groups is 1. The maximum Gasteiger partial charge on any atom is 0.311 e. The Morgan fingerprint density at radius 3 is 3.20 bits per heavy atom. The number of esters is 1. The number of carbonyl (C=O) groups excluding carboxylic acids is 1. The van der Waals surface area contributed by atoms with Crippen molar-refractivity contribution in [2.24, 2.45) is 5.11 Å². The first kappa shape index (κ1) is 11.6. The summed E-state index contributed by atoms with van der Waals surface area (Å²) in [5, 5.41) is 5.34. The number of hydrogen-bond acceptors (Lipinski definition) is 4. The average molecular weight is 225 g/mol. The van der Waals surface area contributed by atoms with Crippen LogP contribution in [0.1, 0.15) is 17.4 Å². The summed E-state index contributed by atoms with van der Waals surface area (Å²) in [5.41, 5.74) is 9.09. The van der Waals surface area contributed by atoms with Crippen LogP contribution < -0.4 is 0 Å². The zero-order valence-electron chi connectivity index (χ0n) is 8.34. The van der Waals surface area contributed by atoms with Crippen molar-refractivity contribution in [3.05, 3.63) is 32.3 Å². The number of ether oxygens (including phenoxy) is 1. The van der Waals surface area contributed by atoms with Gasteiger partial charge in [0.05, 0.1) is 19.6 Å². The standard InChI is InChI=1S/C9H11N3O2S/c1-2-14-9(13)5-8-7(3-4-15-8)6-11-12-10/h3-4H,2,5-6H2,1H3. The molecule has 1 rings (SSSR count). The Kier molecular flexibility index (Phi) is 4.66. The van der Waals surface area contributed by atoms with Crippen molar-refractivity contribution in [1.29, 1.82) is 0 Å². The highest BCUT2D eigenvalue weighted by Crippen LogP contribution is 2.18. The van der Waals surface area contributed by atoms with Gasteiger partial charge < -0.3 is 4.74 Å². The second-order valence-electron chi connectivity index (χ2n) is 2.74. The van der Waals surface area contributed by atoms with E-state index in [1.54, 1.807) is 6.92 Å². The topological polar surface area (TPSA) is 75.1 Å². The molecule has 15 heavy (non-hydrogen) atoms. The van der Waals surface area contributed by atoms with Crippen molar-refractivity contribution in [1.82, 2.24) is 0 Å². The van der Waals surface area contributed by atoms with Crippen molar-refractivity contribution in [2.45, 2.75) is 19.9 Å². The molecule has 6 heteroatoms. The van der Waals surface area contributed by atoms with Gasteiger partial charge in [-0.1, -0.05) is 5.11 Å². The molecule has 0 aliphatic rings. The second kappa shape index (κ2) is 6.06. The predicted molar refractivity (Wildman–Crippen MR) is 57.5 cm³/mol. The Balaban J connectivity index is 2.64. The average Bonchev–Trinajstić information content (AvgIpc) is 2.63. The molecule has 0 unspecified atom stereocenters. The van der Waals surface area contributed by atoms with Gasteiger partial charge in [-0.25, -0.2) is 0 Å². The van der Waals surface area contributed by atoms with Crippen molar-refractivity contribution in [2.75, 3.05) is 6.61 Å². The molecule has 1 heterocycles. The van der Waals surface area contributed by atoms with E-state index in [0.29, 0.717) is 6.61 Å². The fourth-order valence-corrected chi connectivity index (χ4v) is 2.00. The molecular weight excluding hydrogens is 214 g/mol. The Hall–Kier alpha value is -1.52. The number of thiophene rings is 1. The first-order valence-electron chi connectivity index (χ1n) is 4.49. The minimum absolute atomic E-state index is 0.248. The molecule has 0 spiro atoms. The smallest absolute Gasteiger partial charge is 0.311 e. The fraction of sp³-hybridized carbons (Fsp3) is 0.444. The quantitative estimate of drug-likeness (QED) is 0.334. The highest BCUT2D eigenvalue weighted by Gasteiger charge is 2.09. The van der Waals surface area contributed by atoms with Crippen LogP contribution in [0.15, 0.2) is 16.6 Å². The van der Waals surface area contributed by atoms with Crippen LogP contribution >= 0.6 is 11.3 Å². The van der Waals surface area contributed by atoms with Gasteiger partial charge >= 0.3 is 5.97 Å². The number of nitrogens with zero attached hydrogens (tertiary/aromatic N) is 3. The molecular formula is C9H11N3O2S. The Bertz CT molecular complexity index is 382. The lowest BCUT2D eigenvalue weighted by Gasteiger charge is -2.01. The maximum atomic E-state index is 11.2. The summed E-state index contributed by atoms with van der Waals surface area (Å²) in [6.07, 6.45) is 0.252. The van der Waals surface area contributed by atoms with Gasteiger partial charge in [0.2, 0.25) is 0 Å². The minimum Gasteiger partial charge on any atom is -0.466 e. The third kappa shape index (κ3) is 3.61. The van der Waals surface area contributed by atoms with Gasteiger partial charge in [-0.15, -0.1) is 11.3 Å². The number of hydrogen-bond donors (Lipinski definition) is 0. The first-order valence-corrected chi connectivity index (χ1v) is 5.37. The zero-order chi connectivity index (χ0) is 11.1. The van der Waals surface area contributed by atoms with E-state index >= 15 is 0 Å². The van der Waals surface area contributed by atoms with Gasteiger partial charge in [0.1, 0.15) is 0 Å². The molecule has 0 atom stereocenters. The van der Waals surface area contributed by atoms with Crippen LogP contribution in [-0.2, 0) is 22.5 Å². The molecule has 0 aliphatic carbocycles. The summed E-state index contributed by atoms with van der Waals surface area (Å²) in [6, 6.07) is 1.86. The van der Waals surface area contributed by atoms with E-state index in [-0.39, 0.29) is 18.9 Å². The molecule has 0 saturated carbocycles. The lowest BCUT2D eigenvalue weighted by atomic mass is 10.2. The molecule has 5 nitrogen and oxygen atoms in total. The molecule has 0 bridgehead atoms. The summed E-state index contributed by atoms with van der Waals surface area (Å²) in [5.74, 6) is -0.248. The zero-order valence-corrected chi connectivity index (χ0v) is 9.16. The third-order valence-electron chi connectivity index (χ3n) is 1.75. The van der Waals surface area contributed by atoms with Gasteiger partial charge in [-0.3, -0.25) is 4.79 Å². The normalized spacial score (nSPS) is 9.40.